The van der Waals surface area contributed by atoms with Gasteiger partial charge in [-0.2, -0.15) is 0 Å². The normalized spacial score (nSPS) is 16.9. The molecule has 0 aromatic carbocycles. The minimum Gasteiger partial charge on any atom is -0.477 e. The SMILES string of the molecule is CC(CNC(=O)c1cccc(C(=O)O)n1)N1CCCC1. The van der Waals surface area contributed by atoms with Gasteiger partial charge in [0.25, 0.3) is 5.91 Å². The molecule has 1 aliphatic heterocycles. The van der Waals surface area contributed by atoms with Crippen molar-refractivity contribution in [3.63, 3.8) is 0 Å². The van der Waals surface area contributed by atoms with Crippen LogP contribution in [0.25, 0.3) is 0 Å². The average molecular weight is 277 g/mol. The van der Waals surface area contributed by atoms with Crippen LogP contribution in [0, 0.1) is 0 Å². The zero-order chi connectivity index (χ0) is 14.5. The summed E-state index contributed by atoms with van der Waals surface area (Å²) < 4.78 is 0. The summed E-state index contributed by atoms with van der Waals surface area (Å²) in [6, 6.07) is 4.69. The molecule has 1 fully saturated rings. The van der Waals surface area contributed by atoms with E-state index < -0.39 is 5.97 Å². The Morgan fingerprint density at radius 2 is 2.00 bits per heavy atom. The predicted molar refractivity (Wildman–Crippen MR) is 73.8 cm³/mol. The number of carboxylic acids is 1. The van der Waals surface area contributed by atoms with Crippen molar-refractivity contribution in [2.24, 2.45) is 0 Å². The zero-order valence-corrected chi connectivity index (χ0v) is 11.5. The van der Waals surface area contributed by atoms with Crippen LogP contribution in [0.1, 0.15) is 40.7 Å². The van der Waals surface area contributed by atoms with Crippen molar-refractivity contribution < 1.29 is 14.7 Å². The first-order valence-corrected chi connectivity index (χ1v) is 6.80. The molecule has 1 aliphatic rings. The summed E-state index contributed by atoms with van der Waals surface area (Å²) in [5, 5.41) is 11.7. The number of likely N-dealkylation sites (tertiary alicyclic amines) is 1. The molecule has 0 radical (unpaired) electrons. The number of carbonyl (C=O) groups is 2. The maximum Gasteiger partial charge on any atom is 0.354 e. The van der Waals surface area contributed by atoms with Gasteiger partial charge >= 0.3 is 5.97 Å². The molecule has 1 atom stereocenters. The summed E-state index contributed by atoms with van der Waals surface area (Å²) in [6.07, 6.45) is 2.42. The van der Waals surface area contributed by atoms with Crippen LogP contribution in [-0.2, 0) is 0 Å². The zero-order valence-electron chi connectivity index (χ0n) is 11.5. The average Bonchev–Trinajstić information content (AvgIpc) is 2.98. The van der Waals surface area contributed by atoms with Crippen molar-refractivity contribution in [2.75, 3.05) is 19.6 Å². The van der Waals surface area contributed by atoms with Crippen molar-refractivity contribution in [1.82, 2.24) is 15.2 Å². The number of pyridine rings is 1. The molecule has 0 bridgehead atoms. The van der Waals surface area contributed by atoms with Crippen LogP contribution < -0.4 is 5.32 Å². The lowest BCUT2D eigenvalue weighted by molar-refractivity contribution is 0.0690. The van der Waals surface area contributed by atoms with E-state index in [9.17, 15) is 9.59 Å². The second-order valence-electron chi connectivity index (χ2n) is 5.02. The Hall–Kier alpha value is -1.95. The number of rotatable bonds is 5. The van der Waals surface area contributed by atoms with Gasteiger partial charge in [-0.1, -0.05) is 6.07 Å². The number of amides is 1. The lowest BCUT2D eigenvalue weighted by atomic mass is 10.2. The van der Waals surface area contributed by atoms with Crippen LogP contribution in [0.2, 0.25) is 0 Å². The van der Waals surface area contributed by atoms with Crippen molar-refractivity contribution in [3.05, 3.63) is 29.6 Å². The van der Waals surface area contributed by atoms with Gasteiger partial charge in [0.05, 0.1) is 0 Å². The third-order valence-electron chi connectivity index (χ3n) is 3.52. The number of carboxylic acid groups (broad SMARTS) is 1. The molecule has 1 aromatic rings. The van der Waals surface area contributed by atoms with E-state index in [2.05, 4.69) is 22.1 Å². The third-order valence-corrected chi connectivity index (χ3v) is 3.52. The first-order valence-electron chi connectivity index (χ1n) is 6.80. The van der Waals surface area contributed by atoms with Gasteiger partial charge in [0.15, 0.2) is 0 Å². The second-order valence-corrected chi connectivity index (χ2v) is 5.02. The van der Waals surface area contributed by atoms with Crippen LogP contribution in [-0.4, -0.2) is 52.5 Å². The highest BCUT2D eigenvalue weighted by molar-refractivity contribution is 5.94. The van der Waals surface area contributed by atoms with Crippen LogP contribution in [0.4, 0.5) is 0 Å². The molecule has 1 saturated heterocycles. The summed E-state index contributed by atoms with van der Waals surface area (Å²) in [5.41, 5.74) is 0.0174. The smallest absolute Gasteiger partial charge is 0.354 e. The van der Waals surface area contributed by atoms with Crippen LogP contribution in [0.5, 0.6) is 0 Å². The lowest BCUT2D eigenvalue weighted by Gasteiger charge is -2.23. The second kappa shape index (κ2) is 6.47. The number of nitrogens with zero attached hydrogens (tertiary/aromatic N) is 2. The number of hydrogen-bond acceptors (Lipinski definition) is 4. The Bertz CT molecular complexity index is 498. The number of carbonyl (C=O) groups excluding carboxylic acids is 1. The van der Waals surface area contributed by atoms with Gasteiger partial charge in [0.1, 0.15) is 11.4 Å². The summed E-state index contributed by atoms with van der Waals surface area (Å²) in [7, 11) is 0. The molecule has 0 saturated carbocycles. The molecule has 20 heavy (non-hydrogen) atoms. The van der Waals surface area contributed by atoms with Crippen LogP contribution >= 0.6 is 0 Å². The van der Waals surface area contributed by atoms with Crippen molar-refractivity contribution >= 4 is 11.9 Å². The third kappa shape index (κ3) is 3.54. The quantitative estimate of drug-likeness (QED) is 0.839. The van der Waals surface area contributed by atoms with Crippen LogP contribution in [0.15, 0.2) is 18.2 Å². The molecule has 0 spiro atoms. The Balaban J connectivity index is 1.91. The summed E-state index contributed by atoms with van der Waals surface area (Å²) in [6.45, 7) is 4.76. The van der Waals surface area contributed by atoms with Gasteiger partial charge in [-0.05, 0) is 45.0 Å². The van der Waals surface area contributed by atoms with Crippen molar-refractivity contribution in [3.8, 4) is 0 Å². The molecule has 6 heteroatoms. The van der Waals surface area contributed by atoms with E-state index in [-0.39, 0.29) is 23.3 Å². The minimum atomic E-state index is -1.13. The fourth-order valence-electron chi connectivity index (χ4n) is 2.32. The minimum absolute atomic E-state index is 0.120. The Morgan fingerprint density at radius 1 is 1.35 bits per heavy atom. The van der Waals surface area contributed by atoms with Gasteiger partial charge < -0.3 is 10.4 Å². The highest BCUT2D eigenvalue weighted by Crippen LogP contribution is 2.10. The van der Waals surface area contributed by atoms with Gasteiger partial charge in [0, 0.05) is 12.6 Å². The lowest BCUT2D eigenvalue weighted by Crippen LogP contribution is -2.40. The van der Waals surface area contributed by atoms with Gasteiger partial charge in [-0.15, -0.1) is 0 Å². The molecule has 2 N–H and O–H groups in total. The standard InChI is InChI=1S/C14H19N3O3/c1-10(17-7-2-3-8-17)9-15-13(18)11-5-4-6-12(16-11)14(19)20/h4-6,10H,2-3,7-9H2,1H3,(H,15,18)(H,19,20). The molecule has 2 rings (SSSR count). The number of hydrogen-bond donors (Lipinski definition) is 2. The Kier molecular flexibility index (Phi) is 4.68. The topological polar surface area (TPSA) is 82.5 Å². The molecular weight excluding hydrogens is 258 g/mol. The van der Waals surface area contributed by atoms with Crippen molar-refractivity contribution in [1.29, 1.82) is 0 Å². The van der Waals surface area contributed by atoms with Crippen LogP contribution in [0.3, 0.4) is 0 Å². The van der Waals surface area contributed by atoms with E-state index in [4.69, 9.17) is 5.11 Å². The fraction of sp³-hybridized carbons (Fsp3) is 0.500. The number of nitrogens with one attached hydrogen (secondary N) is 1. The summed E-state index contributed by atoms with van der Waals surface area (Å²) >= 11 is 0. The van der Waals surface area contributed by atoms with Gasteiger partial charge in [-0.25, -0.2) is 9.78 Å². The van der Waals surface area contributed by atoms with Crippen molar-refractivity contribution in [2.45, 2.75) is 25.8 Å². The van der Waals surface area contributed by atoms with E-state index in [1.54, 1.807) is 0 Å². The Morgan fingerprint density at radius 3 is 2.65 bits per heavy atom. The number of aromatic nitrogens is 1. The predicted octanol–water partition coefficient (Wildman–Crippen LogP) is 0.994. The largest absolute Gasteiger partial charge is 0.477 e. The van der Waals surface area contributed by atoms with Gasteiger partial charge in [-0.3, -0.25) is 9.69 Å². The fourth-order valence-corrected chi connectivity index (χ4v) is 2.32. The maximum atomic E-state index is 12.0. The van der Waals surface area contributed by atoms with E-state index in [0.29, 0.717) is 6.54 Å². The molecular formula is C14H19N3O3. The van der Waals surface area contributed by atoms with E-state index in [1.807, 2.05) is 0 Å². The van der Waals surface area contributed by atoms with E-state index in [1.165, 1.54) is 31.0 Å². The van der Waals surface area contributed by atoms with E-state index in [0.717, 1.165) is 13.1 Å². The Labute approximate surface area is 117 Å². The molecule has 0 aliphatic carbocycles. The molecule has 108 valence electrons. The highest BCUT2D eigenvalue weighted by atomic mass is 16.4. The first-order chi connectivity index (χ1) is 9.58. The number of aromatic carboxylic acids is 1. The molecule has 1 aromatic heterocycles. The summed E-state index contributed by atoms with van der Waals surface area (Å²) in [5.74, 6) is -1.47. The summed E-state index contributed by atoms with van der Waals surface area (Å²) in [4.78, 5) is 28.9. The maximum absolute atomic E-state index is 12.0. The van der Waals surface area contributed by atoms with E-state index >= 15 is 0 Å². The molecule has 2 heterocycles. The van der Waals surface area contributed by atoms with Gasteiger partial charge in [0.2, 0.25) is 0 Å². The molecule has 6 nitrogen and oxygen atoms in total. The monoisotopic (exact) mass is 277 g/mol. The molecule has 1 unspecified atom stereocenters. The first kappa shape index (κ1) is 14.5. The molecule has 1 amide bonds. The highest BCUT2D eigenvalue weighted by Gasteiger charge is 2.19.